The van der Waals surface area contributed by atoms with Crippen LogP contribution in [0.2, 0.25) is 0 Å². The monoisotopic (exact) mass is 394 g/mol. The summed E-state index contributed by atoms with van der Waals surface area (Å²) in [6.07, 6.45) is -3.27. The lowest BCUT2D eigenvalue weighted by molar-refractivity contribution is -0.137. The van der Waals surface area contributed by atoms with Gasteiger partial charge in [0.05, 0.1) is 18.0 Å². The van der Waals surface area contributed by atoms with Crippen LogP contribution in [0.4, 0.5) is 13.2 Å². The summed E-state index contributed by atoms with van der Waals surface area (Å²) >= 11 is 0. The Morgan fingerprint density at radius 1 is 1.25 bits per heavy atom. The number of nitrogens with one attached hydrogen (secondary N) is 1. The zero-order chi connectivity index (χ0) is 20.3. The van der Waals surface area contributed by atoms with Gasteiger partial charge in [-0.1, -0.05) is 6.07 Å². The molecule has 8 heteroatoms. The Bertz CT molecular complexity index is 860. The number of rotatable bonds is 4. The van der Waals surface area contributed by atoms with Crippen LogP contribution >= 0.6 is 0 Å². The zero-order valence-electron chi connectivity index (χ0n) is 15.4. The first-order valence-corrected chi connectivity index (χ1v) is 9.03. The van der Waals surface area contributed by atoms with Crippen LogP contribution < -0.4 is 5.32 Å². The highest BCUT2D eigenvalue weighted by Crippen LogP contribution is 2.30. The Kier molecular flexibility index (Phi) is 5.76. The molecule has 1 aromatic heterocycles. The second kappa shape index (κ2) is 8.08. The van der Waals surface area contributed by atoms with Crippen molar-refractivity contribution in [2.45, 2.75) is 32.5 Å². The Hall–Kier alpha value is -2.77. The van der Waals surface area contributed by atoms with Crippen LogP contribution in [0.3, 0.4) is 0 Å². The molecule has 0 unspecified atom stereocenters. The van der Waals surface area contributed by atoms with Crippen molar-refractivity contribution < 1.29 is 27.2 Å². The number of benzene rings is 1. The first-order valence-electron chi connectivity index (χ1n) is 9.03. The van der Waals surface area contributed by atoms with Crippen LogP contribution in [-0.2, 0) is 17.5 Å². The van der Waals surface area contributed by atoms with Crippen LogP contribution in [0.1, 0.15) is 40.3 Å². The fourth-order valence-corrected chi connectivity index (χ4v) is 3.29. The molecule has 1 saturated heterocycles. The third-order valence-electron chi connectivity index (χ3n) is 4.75. The molecule has 0 aliphatic carbocycles. The summed E-state index contributed by atoms with van der Waals surface area (Å²) in [5.74, 6) is 0.291. The van der Waals surface area contributed by atoms with E-state index in [-0.39, 0.29) is 24.6 Å². The van der Waals surface area contributed by atoms with Crippen LogP contribution in [0.15, 0.2) is 40.8 Å². The van der Waals surface area contributed by atoms with Crippen LogP contribution in [0.25, 0.3) is 0 Å². The minimum Gasteiger partial charge on any atom is -0.465 e. The van der Waals surface area contributed by atoms with E-state index < -0.39 is 23.6 Å². The fourth-order valence-electron chi connectivity index (χ4n) is 3.29. The van der Waals surface area contributed by atoms with Crippen molar-refractivity contribution in [3.05, 3.63) is 59.0 Å². The standard InChI is InChI=1S/C20H21F3N2O3/c1-13-7-8-17(28-13)11-24-18(26)15-5-3-9-25(12-15)19(27)14-4-2-6-16(10-14)20(21,22)23/h2,4,6-8,10,15H,3,5,9,11-12H2,1H3,(H,24,26)/t15-/m0/s1. The van der Waals surface area contributed by atoms with E-state index in [0.717, 1.165) is 17.9 Å². The number of amides is 2. The molecule has 3 rings (SSSR count). The first kappa shape index (κ1) is 20.0. The first-order chi connectivity index (χ1) is 13.2. The predicted molar refractivity (Wildman–Crippen MR) is 95.4 cm³/mol. The SMILES string of the molecule is Cc1ccc(CNC(=O)[C@H]2CCCN(C(=O)c3cccc(C(F)(F)F)c3)C2)o1. The van der Waals surface area contributed by atoms with E-state index in [4.69, 9.17) is 4.42 Å². The Balaban J connectivity index is 1.62. The normalized spacial score (nSPS) is 17.4. The highest BCUT2D eigenvalue weighted by Gasteiger charge is 2.33. The van der Waals surface area contributed by atoms with E-state index in [2.05, 4.69) is 5.32 Å². The maximum atomic E-state index is 12.9. The van der Waals surface area contributed by atoms with Gasteiger partial charge in [0.2, 0.25) is 5.91 Å². The molecule has 0 spiro atoms. The maximum absolute atomic E-state index is 12.9. The summed E-state index contributed by atoms with van der Waals surface area (Å²) < 4.78 is 44.1. The predicted octanol–water partition coefficient (Wildman–Crippen LogP) is 3.78. The van der Waals surface area contributed by atoms with Crippen molar-refractivity contribution >= 4 is 11.8 Å². The van der Waals surface area contributed by atoms with E-state index in [1.54, 1.807) is 12.1 Å². The third-order valence-corrected chi connectivity index (χ3v) is 4.75. The van der Waals surface area contributed by atoms with Crippen molar-refractivity contribution in [3.8, 4) is 0 Å². The van der Waals surface area contributed by atoms with Gasteiger partial charge in [0.25, 0.3) is 5.91 Å². The van der Waals surface area contributed by atoms with Crippen molar-refractivity contribution in [1.29, 1.82) is 0 Å². The molecule has 1 atom stereocenters. The van der Waals surface area contributed by atoms with Crippen molar-refractivity contribution in [2.24, 2.45) is 5.92 Å². The minimum absolute atomic E-state index is 0.0260. The molecule has 2 amide bonds. The number of piperidine rings is 1. The largest absolute Gasteiger partial charge is 0.465 e. The molecule has 1 fully saturated rings. The van der Waals surface area contributed by atoms with E-state index >= 15 is 0 Å². The molecule has 2 heterocycles. The number of hydrogen-bond donors (Lipinski definition) is 1. The van der Waals surface area contributed by atoms with Crippen LogP contribution in [0.5, 0.6) is 0 Å². The number of likely N-dealkylation sites (tertiary alicyclic amines) is 1. The van der Waals surface area contributed by atoms with Gasteiger partial charge in [-0.3, -0.25) is 9.59 Å². The van der Waals surface area contributed by atoms with Gasteiger partial charge in [0, 0.05) is 18.7 Å². The Morgan fingerprint density at radius 3 is 2.71 bits per heavy atom. The Morgan fingerprint density at radius 2 is 2.04 bits per heavy atom. The van der Waals surface area contributed by atoms with E-state index in [0.29, 0.717) is 25.1 Å². The van der Waals surface area contributed by atoms with E-state index in [1.807, 2.05) is 6.92 Å². The van der Waals surface area contributed by atoms with Gasteiger partial charge in [-0.25, -0.2) is 0 Å². The molecule has 1 aliphatic rings. The third kappa shape index (κ3) is 4.74. The van der Waals surface area contributed by atoms with Crippen LogP contribution in [-0.4, -0.2) is 29.8 Å². The molecular formula is C20H21F3N2O3. The van der Waals surface area contributed by atoms with Crippen molar-refractivity contribution in [1.82, 2.24) is 10.2 Å². The van der Waals surface area contributed by atoms with Gasteiger partial charge in [0.1, 0.15) is 11.5 Å². The van der Waals surface area contributed by atoms with Gasteiger partial charge < -0.3 is 14.6 Å². The molecule has 0 bridgehead atoms. The Labute approximate surface area is 160 Å². The topological polar surface area (TPSA) is 62.6 Å². The summed E-state index contributed by atoms with van der Waals surface area (Å²) in [5, 5.41) is 2.79. The molecule has 2 aromatic rings. The van der Waals surface area contributed by atoms with Gasteiger partial charge >= 0.3 is 6.18 Å². The average Bonchev–Trinajstić information content (AvgIpc) is 3.10. The number of alkyl halides is 3. The van der Waals surface area contributed by atoms with Gasteiger partial charge in [-0.05, 0) is 50.1 Å². The minimum atomic E-state index is -4.51. The molecule has 1 aliphatic heterocycles. The molecule has 150 valence electrons. The van der Waals surface area contributed by atoms with E-state index in [9.17, 15) is 22.8 Å². The van der Waals surface area contributed by atoms with Gasteiger partial charge in [-0.15, -0.1) is 0 Å². The molecule has 28 heavy (non-hydrogen) atoms. The lowest BCUT2D eigenvalue weighted by atomic mass is 9.96. The summed E-state index contributed by atoms with van der Waals surface area (Å²) in [6.45, 7) is 2.66. The number of halogens is 3. The number of carbonyl (C=O) groups is 2. The van der Waals surface area contributed by atoms with Gasteiger partial charge in [-0.2, -0.15) is 13.2 Å². The zero-order valence-corrected chi connectivity index (χ0v) is 15.4. The quantitative estimate of drug-likeness (QED) is 0.859. The smallest absolute Gasteiger partial charge is 0.416 e. The highest BCUT2D eigenvalue weighted by atomic mass is 19.4. The molecule has 1 aromatic carbocycles. The highest BCUT2D eigenvalue weighted by molar-refractivity contribution is 5.95. The van der Waals surface area contributed by atoms with Crippen molar-refractivity contribution in [3.63, 3.8) is 0 Å². The molecule has 0 radical (unpaired) electrons. The van der Waals surface area contributed by atoms with Crippen LogP contribution in [0, 0.1) is 12.8 Å². The summed E-state index contributed by atoms with van der Waals surface area (Å²) in [6, 6.07) is 7.94. The molecule has 1 N–H and O–H groups in total. The average molecular weight is 394 g/mol. The number of aryl methyl sites for hydroxylation is 1. The number of furan rings is 1. The molecular weight excluding hydrogens is 373 g/mol. The summed E-state index contributed by atoms with van der Waals surface area (Å²) in [4.78, 5) is 26.5. The second-order valence-electron chi connectivity index (χ2n) is 6.90. The van der Waals surface area contributed by atoms with Gasteiger partial charge in [0.15, 0.2) is 0 Å². The molecule has 0 saturated carbocycles. The van der Waals surface area contributed by atoms with E-state index in [1.165, 1.54) is 17.0 Å². The lowest BCUT2D eigenvalue weighted by Crippen LogP contribution is -2.45. The summed E-state index contributed by atoms with van der Waals surface area (Å²) in [7, 11) is 0. The number of carbonyl (C=O) groups excluding carboxylic acids is 2. The number of hydrogen-bond acceptors (Lipinski definition) is 3. The van der Waals surface area contributed by atoms with Crippen molar-refractivity contribution in [2.75, 3.05) is 13.1 Å². The fraction of sp³-hybridized carbons (Fsp3) is 0.400. The maximum Gasteiger partial charge on any atom is 0.416 e. The molecule has 5 nitrogen and oxygen atoms in total. The second-order valence-corrected chi connectivity index (χ2v) is 6.90. The lowest BCUT2D eigenvalue weighted by Gasteiger charge is -2.32. The summed E-state index contributed by atoms with van der Waals surface area (Å²) in [5.41, 5.74) is -0.889. The number of nitrogens with zero attached hydrogens (tertiary/aromatic N) is 1.